The van der Waals surface area contributed by atoms with E-state index in [4.69, 9.17) is 0 Å². The lowest BCUT2D eigenvalue weighted by atomic mass is 10.1. The number of nitrogens with one attached hydrogen (secondary N) is 1. The molecule has 0 radical (unpaired) electrons. The van der Waals surface area contributed by atoms with Crippen LogP contribution in [0.4, 0.5) is 0 Å². The second kappa shape index (κ2) is 7.56. The van der Waals surface area contributed by atoms with Crippen molar-refractivity contribution < 1.29 is 4.79 Å². The average Bonchev–Trinajstić information content (AvgIpc) is 3.19. The summed E-state index contributed by atoms with van der Waals surface area (Å²) in [6.45, 7) is 2.24. The van der Waals surface area contributed by atoms with Crippen LogP contribution >= 0.6 is 11.3 Å². The lowest BCUT2D eigenvalue weighted by molar-refractivity contribution is -0.122. The average molecular weight is 314 g/mol. The number of hydrogen-bond donors (Lipinski definition) is 1. The molecule has 116 valence electrons. The van der Waals surface area contributed by atoms with Crippen LogP contribution in [0.25, 0.3) is 0 Å². The maximum absolute atomic E-state index is 12.2. The van der Waals surface area contributed by atoms with Crippen molar-refractivity contribution in [2.75, 3.05) is 19.6 Å². The molecule has 1 aromatic carbocycles. The second-order valence-corrected chi connectivity index (χ2v) is 6.71. The van der Waals surface area contributed by atoms with Crippen molar-refractivity contribution in [3.05, 3.63) is 58.3 Å². The highest BCUT2D eigenvalue weighted by molar-refractivity contribution is 7.10. The molecule has 2 heterocycles. The van der Waals surface area contributed by atoms with E-state index in [9.17, 15) is 4.79 Å². The molecule has 3 rings (SSSR count). The van der Waals surface area contributed by atoms with E-state index in [2.05, 4.69) is 39.9 Å². The summed E-state index contributed by atoms with van der Waals surface area (Å²) < 4.78 is 0. The summed E-state index contributed by atoms with van der Waals surface area (Å²) in [7, 11) is 0. The molecule has 1 N–H and O–H groups in total. The Bertz CT molecular complexity index is 582. The highest BCUT2D eigenvalue weighted by Crippen LogP contribution is 2.33. The molecule has 1 atom stereocenters. The van der Waals surface area contributed by atoms with Gasteiger partial charge in [0.2, 0.25) is 5.91 Å². The number of likely N-dealkylation sites (tertiary alicyclic amines) is 1. The molecule has 1 amide bonds. The van der Waals surface area contributed by atoms with E-state index < -0.39 is 0 Å². The maximum atomic E-state index is 12.2. The molecule has 22 heavy (non-hydrogen) atoms. The quantitative estimate of drug-likeness (QED) is 0.888. The van der Waals surface area contributed by atoms with Gasteiger partial charge in [0.05, 0.1) is 6.54 Å². The molecule has 1 saturated heterocycles. The molecular formula is C18H22N2OS. The monoisotopic (exact) mass is 314 g/mol. The van der Waals surface area contributed by atoms with E-state index in [0.29, 0.717) is 19.1 Å². The molecule has 0 spiro atoms. The van der Waals surface area contributed by atoms with Gasteiger partial charge >= 0.3 is 0 Å². The van der Waals surface area contributed by atoms with Gasteiger partial charge in [-0.1, -0.05) is 36.4 Å². The first-order valence-electron chi connectivity index (χ1n) is 7.91. The zero-order valence-corrected chi connectivity index (χ0v) is 13.5. The summed E-state index contributed by atoms with van der Waals surface area (Å²) in [5.41, 5.74) is 1.26. The van der Waals surface area contributed by atoms with Crippen LogP contribution in [-0.4, -0.2) is 30.4 Å². The van der Waals surface area contributed by atoms with Crippen LogP contribution in [0.2, 0.25) is 0 Å². The van der Waals surface area contributed by atoms with Gasteiger partial charge in [-0.25, -0.2) is 0 Å². The Morgan fingerprint density at radius 1 is 1.23 bits per heavy atom. The van der Waals surface area contributed by atoms with Crippen molar-refractivity contribution in [3.8, 4) is 0 Å². The zero-order valence-electron chi connectivity index (χ0n) is 12.7. The van der Waals surface area contributed by atoms with Gasteiger partial charge in [0.15, 0.2) is 0 Å². The summed E-state index contributed by atoms with van der Waals surface area (Å²) in [6.07, 6.45) is 3.23. The van der Waals surface area contributed by atoms with Crippen LogP contribution in [0.3, 0.4) is 0 Å². The molecule has 1 fully saturated rings. The van der Waals surface area contributed by atoms with Crippen LogP contribution in [-0.2, 0) is 11.2 Å². The van der Waals surface area contributed by atoms with Crippen molar-refractivity contribution in [1.82, 2.24) is 10.2 Å². The van der Waals surface area contributed by atoms with Gasteiger partial charge in [-0.2, -0.15) is 0 Å². The summed E-state index contributed by atoms with van der Waals surface area (Å²) >= 11 is 1.79. The number of benzene rings is 1. The first-order chi connectivity index (χ1) is 10.8. The molecule has 1 aromatic heterocycles. The maximum Gasteiger partial charge on any atom is 0.234 e. The molecule has 1 aliphatic heterocycles. The Kier molecular flexibility index (Phi) is 5.24. The Hall–Kier alpha value is -1.65. The predicted molar refractivity (Wildman–Crippen MR) is 91.0 cm³/mol. The van der Waals surface area contributed by atoms with Crippen molar-refractivity contribution in [2.24, 2.45) is 0 Å². The van der Waals surface area contributed by atoms with E-state index in [1.165, 1.54) is 16.9 Å². The summed E-state index contributed by atoms with van der Waals surface area (Å²) in [6, 6.07) is 15.0. The van der Waals surface area contributed by atoms with Crippen LogP contribution in [0, 0.1) is 0 Å². The molecule has 0 bridgehead atoms. The second-order valence-electron chi connectivity index (χ2n) is 5.73. The number of carbonyl (C=O) groups is 1. The number of carbonyl (C=O) groups excluding carboxylic acids is 1. The standard InChI is InChI=1S/C18H22N2OS/c21-18(19-11-10-15-6-2-1-3-7-15)14-20-12-4-8-16(20)17-9-5-13-22-17/h1-3,5-7,9,13,16H,4,8,10-12,14H2,(H,19,21). The molecule has 0 aliphatic carbocycles. The first-order valence-corrected chi connectivity index (χ1v) is 8.79. The van der Waals surface area contributed by atoms with E-state index in [1.54, 1.807) is 11.3 Å². The largest absolute Gasteiger partial charge is 0.355 e. The predicted octanol–water partition coefficient (Wildman–Crippen LogP) is 3.24. The van der Waals surface area contributed by atoms with Crippen molar-refractivity contribution >= 4 is 17.2 Å². The fourth-order valence-electron chi connectivity index (χ4n) is 3.05. The normalized spacial score (nSPS) is 18.5. The van der Waals surface area contributed by atoms with Gasteiger partial charge in [0.25, 0.3) is 0 Å². The van der Waals surface area contributed by atoms with Gasteiger partial charge in [-0.05, 0) is 42.8 Å². The molecule has 4 heteroatoms. The third kappa shape index (κ3) is 3.96. The van der Waals surface area contributed by atoms with Gasteiger partial charge in [0, 0.05) is 17.5 Å². The van der Waals surface area contributed by atoms with Crippen molar-refractivity contribution in [3.63, 3.8) is 0 Å². The molecular weight excluding hydrogens is 292 g/mol. The summed E-state index contributed by atoms with van der Waals surface area (Å²) in [5.74, 6) is 0.138. The third-order valence-electron chi connectivity index (χ3n) is 4.16. The molecule has 1 unspecified atom stereocenters. The lowest BCUT2D eigenvalue weighted by Crippen LogP contribution is -2.37. The lowest BCUT2D eigenvalue weighted by Gasteiger charge is -2.22. The minimum Gasteiger partial charge on any atom is -0.355 e. The number of nitrogens with zero attached hydrogens (tertiary/aromatic N) is 1. The molecule has 3 nitrogen and oxygen atoms in total. The summed E-state index contributed by atoms with van der Waals surface area (Å²) in [5, 5.41) is 5.16. The van der Waals surface area contributed by atoms with Crippen LogP contribution in [0.1, 0.15) is 29.3 Å². The first kappa shape index (κ1) is 15.3. The fourth-order valence-corrected chi connectivity index (χ4v) is 3.95. The SMILES string of the molecule is O=C(CN1CCCC1c1cccs1)NCCc1ccccc1. The Morgan fingerprint density at radius 3 is 2.86 bits per heavy atom. The van der Waals surface area contributed by atoms with E-state index in [0.717, 1.165) is 19.4 Å². The van der Waals surface area contributed by atoms with Crippen molar-refractivity contribution in [2.45, 2.75) is 25.3 Å². The third-order valence-corrected chi connectivity index (χ3v) is 5.13. The van der Waals surface area contributed by atoms with Gasteiger partial charge < -0.3 is 5.32 Å². The minimum absolute atomic E-state index is 0.138. The summed E-state index contributed by atoms with van der Waals surface area (Å²) in [4.78, 5) is 15.8. The number of amides is 1. The van der Waals surface area contributed by atoms with E-state index in [-0.39, 0.29) is 5.91 Å². The topological polar surface area (TPSA) is 32.3 Å². The van der Waals surface area contributed by atoms with Gasteiger partial charge in [0.1, 0.15) is 0 Å². The highest BCUT2D eigenvalue weighted by Gasteiger charge is 2.27. The van der Waals surface area contributed by atoms with Crippen molar-refractivity contribution in [1.29, 1.82) is 0 Å². The minimum atomic E-state index is 0.138. The molecule has 1 aliphatic rings. The van der Waals surface area contributed by atoms with E-state index >= 15 is 0 Å². The number of thiophene rings is 1. The molecule has 2 aromatic rings. The smallest absolute Gasteiger partial charge is 0.234 e. The van der Waals surface area contributed by atoms with Gasteiger partial charge in [-0.15, -0.1) is 11.3 Å². The van der Waals surface area contributed by atoms with E-state index in [1.807, 2.05) is 18.2 Å². The number of hydrogen-bond acceptors (Lipinski definition) is 3. The van der Waals surface area contributed by atoms with Crippen LogP contribution in [0.15, 0.2) is 47.8 Å². The van der Waals surface area contributed by atoms with Crippen LogP contribution < -0.4 is 5.32 Å². The Morgan fingerprint density at radius 2 is 2.09 bits per heavy atom. The molecule has 0 saturated carbocycles. The Balaban J connectivity index is 1.45. The zero-order chi connectivity index (χ0) is 15.2. The van der Waals surface area contributed by atoms with Crippen LogP contribution in [0.5, 0.6) is 0 Å². The number of rotatable bonds is 6. The highest BCUT2D eigenvalue weighted by atomic mass is 32.1. The fraction of sp³-hybridized carbons (Fsp3) is 0.389. The van der Waals surface area contributed by atoms with Gasteiger partial charge in [-0.3, -0.25) is 9.69 Å². The Labute approximate surface area is 136 Å².